The van der Waals surface area contributed by atoms with Gasteiger partial charge in [-0.05, 0) is 101 Å². The first-order valence-electron chi connectivity index (χ1n) is 13.6. The first-order chi connectivity index (χ1) is 16.0. The van der Waals surface area contributed by atoms with Crippen molar-refractivity contribution < 1.29 is 0 Å². The van der Waals surface area contributed by atoms with Gasteiger partial charge in [-0.2, -0.15) is 0 Å². The van der Waals surface area contributed by atoms with Gasteiger partial charge in [-0.15, -0.1) is 0 Å². The minimum atomic E-state index is 0.602. The van der Waals surface area contributed by atoms with Gasteiger partial charge in [0.05, 0.1) is 0 Å². The molecule has 0 aromatic heterocycles. The predicted octanol–water partition coefficient (Wildman–Crippen LogP) is 9.39. The fourth-order valence-electron chi connectivity index (χ4n) is 7.03. The molecule has 2 saturated carbocycles. The van der Waals surface area contributed by atoms with Gasteiger partial charge in [-0.3, -0.25) is 0 Å². The highest BCUT2D eigenvalue weighted by Crippen LogP contribution is 2.44. The van der Waals surface area contributed by atoms with Crippen molar-refractivity contribution in [1.82, 2.24) is 0 Å². The summed E-state index contributed by atoms with van der Waals surface area (Å²) in [6.07, 6.45) is 16.6. The lowest BCUT2D eigenvalue weighted by molar-refractivity contribution is 0.443. The summed E-state index contributed by atoms with van der Waals surface area (Å²) < 4.78 is 0. The third-order valence-corrected chi connectivity index (χ3v) is 8.94. The zero-order valence-electron chi connectivity index (χ0n) is 21.1. The van der Waals surface area contributed by atoms with Crippen molar-refractivity contribution in [1.29, 1.82) is 0 Å². The van der Waals surface area contributed by atoms with Crippen molar-refractivity contribution in [3.05, 3.63) is 76.9 Å². The molecule has 0 heteroatoms. The summed E-state index contributed by atoms with van der Waals surface area (Å²) in [7, 11) is 0. The second-order valence-electron chi connectivity index (χ2n) is 11.6. The molecule has 3 atom stereocenters. The van der Waals surface area contributed by atoms with Crippen molar-refractivity contribution in [2.75, 3.05) is 0 Å². The van der Waals surface area contributed by atoms with Gasteiger partial charge in [0.15, 0.2) is 0 Å². The van der Waals surface area contributed by atoms with Crippen molar-refractivity contribution in [2.24, 2.45) is 23.7 Å². The zero-order valence-corrected chi connectivity index (χ0v) is 21.1. The first kappa shape index (κ1) is 22.7. The van der Waals surface area contributed by atoms with Crippen LogP contribution in [0.25, 0.3) is 17.2 Å². The molecule has 3 aliphatic carbocycles. The van der Waals surface area contributed by atoms with E-state index in [9.17, 15) is 0 Å². The van der Waals surface area contributed by atoms with Gasteiger partial charge < -0.3 is 0 Å². The largest absolute Gasteiger partial charge is 0.0993 e. The molecule has 174 valence electrons. The van der Waals surface area contributed by atoms with E-state index in [4.69, 9.17) is 0 Å². The molecule has 2 aromatic carbocycles. The average molecular weight is 439 g/mol. The number of allylic oxidation sites excluding steroid dienone is 2. The van der Waals surface area contributed by atoms with Crippen molar-refractivity contribution in [3.8, 4) is 11.1 Å². The van der Waals surface area contributed by atoms with E-state index in [1.54, 1.807) is 11.1 Å². The molecule has 33 heavy (non-hydrogen) atoms. The number of benzene rings is 2. The SMILES string of the molecule is C=C(C(C)C)[C@H]1C[C@H](Cc2cc(-c3cccc4c3C=CC4)cc(C3CCCCC3)c2)CC1C. The van der Waals surface area contributed by atoms with Crippen LogP contribution in [0, 0.1) is 23.7 Å². The third-order valence-electron chi connectivity index (χ3n) is 8.94. The lowest BCUT2D eigenvalue weighted by Gasteiger charge is -2.24. The first-order valence-corrected chi connectivity index (χ1v) is 13.6. The Balaban J connectivity index is 1.46. The molecule has 3 aliphatic rings. The smallest absolute Gasteiger partial charge is 0.00879 e. The molecule has 0 nitrogen and oxygen atoms in total. The number of fused-ring (bicyclic) bond motifs is 1. The van der Waals surface area contributed by atoms with Gasteiger partial charge >= 0.3 is 0 Å². The maximum atomic E-state index is 4.48. The Labute approximate surface area is 202 Å². The molecule has 0 aliphatic heterocycles. The molecular weight excluding hydrogens is 396 g/mol. The number of rotatable bonds is 6. The highest BCUT2D eigenvalue weighted by atomic mass is 14.4. The molecule has 0 heterocycles. The molecule has 0 bridgehead atoms. The molecule has 2 fully saturated rings. The van der Waals surface area contributed by atoms with Gasteiger partial charge in [-0.25, -0.2) is 0 Å². The summed E-state index contributed by atoms with van der Waals surface area (Å²) in [6.45, 7) is 11.6. The average Bonchev–Trinajstić information content (AvgIpc) is 3.45. The number of hydrogen-bond acceptors (Lipinski definition) is 0. The molecule has 1 unspecified atom stereocenters. The standard InChI is InChI=1S/C33H42/c1-22(2)24(4)33-20-25(16-23(33)3)17-26-18-29(27-10-6-5-7-11-27)21-30(19-26)32-15-9-13-28-12-8-14-31(28)32/h8-9,13-15,18-19,21-23,25,27,33H,4-7,10-12,16-17,20H2,1-3H3/t23?,25-,33-/m0/s1. The van der Waals surface area contributed by atoms with Crippen LogP contribution < -0.4 is 0 Å². The van der Waals surface area contributed by atoms with Crippen molar-refractivity contribution in [3.63, 3.8) is 0 Å². The van der Waals surface area contributed by atoms with Crippen LogP contribution in [0.3, 0.4) is 0 Å². The second kappa shape index (κ2) is 9.65. The topological polar surface area (TPSA) is 0 Å². The molecule has 0 radical (unpaired) electrons. The molecule has 0 N–H and O–H groups in total. The van der Waals surface area contributed by atoms with E-state index in [0.29, 0.717) is 11.8 Å². The van der Waals surface area contributed by atoms with Crippen molar-refractivity contribution >= 4 is 6.08 Å². The maximum Gasteiger partial charge on any atom is -0.00879 e. The number of hydrogen-bond donors (Lipinski definition) is 0. The van der Waals surface area contributed by atoms with Gasteiger partial charge in [-0.1, -0.05) is 101 Å². The van der Waals surface area contributed by atoms with Crippen LogP contribution in [-0.4, -0.2) is 0 Å². The van der Waals surface area contributed by atoms with Gasteiger partial charge in [0.1, 0.15) is 0 Å². The monoisotopic (exact) mass is 438 g/mol. The van der Waals surface area contributed by atoms with E-state index in [1.807, 2.05) is 0 Å². The van der Waals surface area contributed by atoms with Crippen LogP contribution in [-0.2, 0) is 12.8 Å². The van der Waals surface area contributed by atoms with Crippen LogP contribution in [0.4, 0.5) is 0 Å². The Morgan fingerprint density at radius 1 is 1.03 bits per heavy atom. The summed E-state index contributed by atoms with van der Waals surface area (Å²) in [5.74, 6) is 3.62. The summed E-state index contributed by atoms with van der Waals surface area (Å²) in [4.78, 5) is 0. The Kier molecular flexibility index (Phi) is 6.64. The molecule has 0 spiro atoms. The van der Waals surface area contributed by atoms with Crippen LogP contribution in [0.5, 0.6) is 0 Å². The Morgan fingerprint density at radius 2 is 1.85 bits per heavy atom. The Morgan fingerprint density at radius 3 is 2.64 bits per heavy atom. The van der Waals surface area contributed by atoms with Crippen LogP contribution in [0.15, 0.2) is 54.6 Å². The van der Waals surface area contributed by atoms with Gasteiger partial charge in [0.25, 0.3) is 0 Å². The maximum absolute atomic E-state index is 4.48. The molecule has 0 saturated heterocycles. The fraction of sp³-hybridized carbons (Fsp3) is 0.515. The fourth-order valence-corrected chi connectivity index (χ4v) is 7.03. The highest BCUT2D eigenvalue weighted by Gasteiger charge is 2.33. The summed E-state index contributed by atoms with van der Waals surface area (Å²) in [5.41, 5.74) is 10.5. The lowest BCUT2D eigenvalue weighted by atomic mass is 9.81. The lowest BCUT2D eigenvalue weighted by Crippen LogP contribution is -2.11. The molecule has 2 aromatic rings. The highest BCUT2D eigenvalue weighted by molar-refractivity contribution is 5.80. The minimum Gasteiger partial charge on any atom is -0.0993 e. The van der Waals surface area contributed by atoms with Crippen LogP contribution in [0.2, 0.25) is 0 Å². The summed E-state index contributed by atoms with van der Waals surface area (Å²) >= 11 is 0. The Hall–Kier alpha value is -2.08. The molecular formula is C33H42. The van der Waals surface area contributed by atoms with E-state index in [-0.39, 0.29) is 0 Å². The molecule has 5 rings (SSSR count). The quantitative estimate of drug-likeness (QED) is 0.394. The zero-order chi connectivity index (χ0) is 22.9. The second-order valence-corrected chi connectivity index (χ2v) is 11.6. The third kappa shape index (κ3) is 4.77. The van der Waals surface area contributed by atoms with E-state index in [2.05, 4.69) is 75.9 Å². The summed E-state index contributed by atoms with van der Waals surface area (Å²) in [5, 5.41) is 0. The Bertz CT molecular complexity index is 1030. The summed E-state index contributed by atoms with van der Waals surface area (Å²) in [6, 6.07) is 14.6. The van der Waals surface area contributed by atoms with E-state index >= 15 is 0 Å². The van der Waals surface area contributed by atoms with E-state index in [1.165, 1.54) is 79.2 Å². The molecule has 0 amide bonds. The predicted molar refractivity (Wildman–Crippen MR) is 144 cm³/mol. The van der Waals surface area contributed by atoms with Gasteiger partial charge in [0.2, 0.25) is 0 Å². The van der Waals surface area contributed by atoms with E-state index in [0.717, 1.165) is 24.2 Å². The van der Waals surface area contributed by atoms with Crippen LogP contribution in [0.1, 0.15) is 93.9 Å². The normalized spacial score (nSPS) is 25.0. The van der Waals surface area contributed by atoms with E-state index < -0.39 is 0 Å². The van der Waals surface area contributed by atoms with Crippen molar-refractivity contribution in [2.45, 2.75) is 84.5 Å². The minimum absolute atomic E-state index is 0.602. The van der Waals surface area contributed by atoms with Crippen LogP contribution >= 0.6 is 0 Å². The van der Waals surface area contributed by atoms with Gasteiger partial charge in [0, 0.05) is 0 Å².